The second kappa shape index (κ2) is 22.4. The fourth-order valence-corrected chi connectivity index (χ4v) is 9.08. The van der Waals surface area contributed by atoms with Gasteiger partial charge in [-0.25, -0.2) is 0 Å². The molecule has 2 saturated carbocycles. The zero-order chi connectivity index (χ0) is 43.2. The molecule has 0 spiro atoms. The normalized spacial score (nSPS) is 25.4. The number of hydrogen-bond acceptors (Lipinski definition) is 12. The Labute approximate surface area is 356 Å². The van der Waals surface area contributed by atoms with Gasteiger partial charge in [0.2, 0.25) is 0 Å². The molecule has 12 nitrogen and oxygen atoms in total. The van der Waals surface area contributed by atoms with E-state index in [-0.39, 0.29) is 64.6 Å². The van der Waals surface area contributed by atoms with Crippen LogP contribution in [0, 0.1) is 23.2 Å². The van der Waals surface area contributed by atoms with Crippen molar-refractivity contribution in [1.29, 1.82) is 0 Å². The van der Waals surface area contributed by atoms with Crippen molar-refractivity contribution in [1.82, 2.24) is 0 Å². The van der Waals surface area contributed by atoms with E-state index in [1.807, 2.05) is 99.6 Å². The van der Waals surface area contributed by atoms with Crippen LogP contribution in [0.15, 0.2) is 91.5 Å². The van der Waals surface area contributed by atoms with Crippen molar-refractivity contribution in [2.45, 2.75) is 89.4 Å². The summed E-state index contributed by atoms with van der Waals surface area (Å²) in [6.07, 6.45) is 0.341. The van der Waals surface area contributed by atoms with E-state index >= 15 is 4.79 Å². The third-order valence-corrected chi connectivity index (χ3v) is 12.7. The Bertz CT molecular complexity index is 1730. The van der Waals surface area contributed by atoms with E-state index in [9.17, 15) is 5.11 Å². The summed E-state index contributed by atoms with van der Waals surface area (Å²) in [7, 11) is 6.44. The van der Waals surface area contributed by atoms with Gasteiger partial charge in [0.15, 0.2) is 5.78 Å². The zero-order valence-electron chi connectivity index (χ0n) is 36.5. The lowest BCUT2D eigenvalue weighted by molar-refractivity contribution is -0.238. The minimum absolute atomic E-state index is 0.0145. The molecule has 12 heteroatoms. The predicted octanol–water partition coefficient (Wildman–Crippen LogP) is 7.33. The average molecular weight is 835 g/mol. The quantitative estimate of drug-likeness (QED) is 0.0551. The molecule has 2 aliphatic carbocycles. The van der Waals surface area contributed by atoms with Crippen LogP contribution < -0.4 is 9.47 Å². The molecule has 0 aromatic heterocycles. The van der Waals surface area contributed by atoms with Crippen LogP contribution in [-0.4, -0.2) is 102 Å². The summed E-state index contributed by atoms with van der Waals surface area (Å²) in [4.78, 5) is 15.1. The second-order valence-electron chi connectivity index (χ2n) is 16.4. The first-order chi connectivity index (χ1) is 29.0. The van der Waals surface area contributed by atoms with Crippen LogP contribution in [0.2, 0.25) is 0 Å². The Hall–Kier alpha value is -3.69. The van der Waals surface area contributed by atoms with Crippen LogP contribution in [0.4, 0.5) is 0 Å². The van der Waals surface area contributed by atoms with Crippen LogP contribution in [0.3, 0.4) is 0 Å². The van der Waals surface area contributed by atoms with Crippen LogP contribution >= 0.6 is 0 Å². The molecule has 8 atom stereocenters. The lowest BCUT2D eigenvalue weighted by Gasteiger charge is -2.49. The minimum Gasteiger partial charge on any atom is -0.497 e. The number of carbonyl (C=O) groups is 1. The number of ketones is 1. The summed E-state index contributed by atoms with van der Waals surface area (Å²) in [5.41, 5.74) is -1.23. The molecule has 60 heavy (non-hydrogen) atoms. The monoisotopic (exact) mass is 834 g/mol. The molecule has 5 rings (SSSR count). The summed E-state index contributed by atoms with van der Waals surface area (Å²) in [5, 5.41) is 12.6. The highest BCUT2D eigenvalue weighted by Crippen LogP contribution is 2.57. The van der Waals surface area contributed by atoms with Gasteiger partial charge in [-0.1, -0.05) is 81.4 Å². The third-order valence-electron chi connectivity index (χ3n) is 12.7. The Kier molecular flexibility index (Phi) is 17.7. The lowest BCUT2D eigenvalue weighted by Crippen LogP contribution is -2.60. The summed E-state index contributed by atoms with van der Waals surface area (Å²) in [5.74, 6) is -0.279. The summed E-state index contributed by atoms with van der Waals surface area (Å²) < 4.78 is 61.7. The van der Waals surface area contributed by atoms with Crippen molar-refractivity contribution in [3.63, 3.8) is 0 Å². The Morgan fingerprint density at radius 3 is 2.00 bits per heavy atom. The van der Waals surface area contributed by atoms with E-state index in [1.54, 1.807) is 34.5 Å². The van der Waals surface area contributed by atoms with Crippen molar-refractivity contribution in [3.05, 3.63) is 108 Å². The number of carbonyl (C=O) groups excluding carboxylic acids is 1. The molecule has 0 amide bonds. The Morgan fingerprint density at radius 1 is 0.783 bits per heavy atom. The smallest absolute Gasteiger partial charge is 0.165 e. The van der Waals surface area contributed by atoms with Crippen molar-refractivity contribution in [2.75, 3.05) is 61.8 Å². The molecule has 0 aliphatic heterocycles. The maximum absolute atomic E-state index is 15.1. The topological polar surface area (TPSA) is 130 Å². The first kappa shape index (κ1) is 47.4. The van der Waals surface area contributed by atoms with Crippen molar-refractivity contribution >= 4 is 5.78 Å². The molecule has 0 heterocycles. The van der Waals surface area contributed by atoms with Gasteiger partial charge in [0, 0.05) is 32.0 Å². The number of hydrogen-bond donors (Lipinski definition) is 1. The van der Waals surface area contributed by atoms with E-state index in [0.29, 0.717) is 19.6 Å². The van der Waals surface area contributed by atoms with E-state index in [0.717, 1.165) is 28.2 Å². The molecule has 330 valence electrons. The van der Waals surface area contributed by atoms with Crippen molar-refractivity contribution in [2.24, 2.45) is 23.2 Å². The van der Waals surface area contributed by atoms with Gasteiger partial charge in [-0.3, -0.25) is 4.79 Å². The first-order valence-corrected chi connectivity index (χ1v) is 20.8. The van der Waals surface area contributed by atoms with Gasteiger partial charge in [0.1, 0.15) is 42.4 Å². The number of methoxy groups -OCH3 is 4. The van der Waals surface area contributed by atoms with E-state index in [2.05, 4.69) is 6.58 Å². The number of rotatable bonds is 24. The standard InChI is InChI=1S/C48H66O12/c1-9-43(57-29-37-17-21-39(54-8)22-18-37)47(60-30-35-13-11-10-12-14-35,31-56-28-36-15-19-38(53-7)20-16-36)41-27-42(49)48(50)24-23-40(46(48,3)4)45(58-32-52-6)44(34(41)2)59-33-55-26-25-51-5/h9-22,34,40-41,43-45,50H,1,23-33H2,2-8H3/t34-,40?,41+,43-,44+,45-,47-,48?/m1/s1. The molecule has 3 aromatic carbocycles. The Morgan fingerprint density at radius 2 is 1.40 bits per heavy atom. The van der Waals surface area contributed by atoms with Gasteiger partial charge in [-0.05, 0) is 65.6 Å². The molecular weight excluding hydrogens is 769 g/mol. The second-order valence-corrected chi connectivity index (χ2v) is 16.4. The van der Waals surface area contributed by atoms with Crippen LogP contribution in [0.1, 0.15) is 56.7 Å². The van der Waals surface area contributed by atoms with Gasteiger partial charge in [0.05, 0.1) is 66.1 Å². The summed E-state index contributed by atoms with van der Waals surface area (Å²) >= 11 is 0. The molecule has 0 saturated heterocycles. The minimum atomic E-state index is -1.67. The molecule has 2 fully saturated rings. The van der Waals surface area contributed by atoms with Gasteiger partial charge in [-0.2, -0.15) is 0 Å². The van der Waals surface area contributed by atoms with Crippen molar-refractivity contribution < 1.29 is 57.3 Å². The van der Waals surface area contributed by atoms with Crippen LogP contribution in [0.25, 0.3) is 0 Å². The molecular formula is C48H66O12. The number of Topliss-reactive ketones (excluding diaryl/α,β-unsaturated/α-hetero) is 1. The van der Waals surface area contributed by atoms with Gasteiger partial charge < -0.3 is 52.5 Å². The van der Waals surface area contributed by atoms with Crippen LogP contribution in [-0.2, 0) is 62.5 Å². The average Bonchev–Trinajstić information content (AvgIpc) is 3.52. The molecule has 3 aromatic rings. The molecule has 2 unspecified atom stereocenters. The highest BCUT2D eigenvalue weighted by Gasteiger charge is 2.64. The van der Waals surface area contributed by atoms with E-state index in [1.165, 1.54) is 0 Å². The van der Waals surface area contributed by atoms with Gasteiger partial charge in [0.25, 0.3) is 0 Å². The fourth-order valence-electron chi connectivity index (χ4n) is 9.08. The first-order valence-electron chi connectivity index (χ1n) is 20.8. The van der Waals surface area contributed by atoms with Gasteiger partial charge >= 0.3 is 0 Å². The lowest BCUT2D eigenvalue weighted by atomic mass is 9.67. The third kappa shape index (κ3) is 11.0. The summed E-state index contributed by atoms with van der Waals surface area (Å²) in [6, 6.07) is 25.2. The number of benzene rings is 3. The Balaban J connectivity index is 1.67. The zero-order valence-corrected chi connectivity index (χ0v) is 36.5. The SMILES string of the molecule is C=C[C@@H](OCc1ccc(OC)cc1)[C@](COCc1ccc(OC)cc1)(OCc1ccccc1)[C@H]1CC(=O)C2(O)CCC([C@@H](OCOC)[C@@H](OCOCCOC)[C@@H]1C)C2(C)C. The molecule has 0 radical (unpaired) electrons. The highest BCUT2D eigenvalue weighted by atomic mass is 16.7. The highest BCUT2D eigenvalue weighted by molar-refractivity contribution is 5.89. The maximum atomic E-state index is 15.1. The maximum Gasteiger partial charge on any atom is 0.165 e. The number of ether oxygens (including phenoxy) is 10. The van der Waals surface area contributed by atoms with Gasteiger partial charge in [-0.15, -0.1) is 6.58 Å². The molecule has 2 aliphatic rings. The van der Waals surface area contributed by atoms with E-state index < -0.39 is 46.8 Å². The molecule has 2 bridgehead atoms. The van der Waals surface area contributed by atoms with E-state index in [4.69, 9.17) is 47.4 Å². The fraction of sp³-hybridized carbons (Fsp3) is 0.562. The van der Waals surface area contributed by atoms with Crippen molar-refractivity contribution in [3.8, 4) is 11.5 Å². The van der Waals surface area contributed by atoms with Crippen LogP contribution in [0.5, 0.6) is 11.5 Å². The summed E-state index contributed by atoms with van der Waals surface area (Å²) in [6.45, 7) is 11.4. The largest absolute Gasteiger partial charge is 0.497 e. The predicted molar refractivity (Wildman–Crippen MR) is 226 cm³/mol. The number of aliphatic hydroxyl groups is 1. The number of fused-ring (bicyclic) bond motifs is 2. The molecule has 1 N–H and O–H groups in total.